The third-order valence-corrected chi connectivity index (χ3v) is 2.86. The van der Waals surface area contributed by atoms with Crippen LogP contribution in [0.15, 0.2) is 6.07 Å². The van der Waals surface area contributed by atoms with E-state index in [-0.39, 0.29) is 17.4 Å². The van der Waals surface area contributed by atoms with Crippen molar-refractivity contribution >= 4 is 11.7 Å². The summed E-state index contributed by atoms with van der Waals surface area (Å²) in [5, 5.41) is 9.79. The molecule has 1 aromatic rings. The van der Waals surface area contributed by atoms with Crippen molar-refractivity contribution < 1.29 is 9.53 Å². The quantitative estimate of drug-likeness (QED) is 0.824. The van der Waals surface area contributed by atoms with Gasteiger partial charge >= 0.3 is 0 Å². The van der Waals surface area contributed by atoms with E-state index >= 15 is 0 Å². The molecule has 1 fully saturated rings. The molecule has 2 N–H and O–H groups in total. The molecule has 2 rings (SSSR count). The van der Waals surface area contributed by atoms with Crippen molar-refractivity contribution in [1.82, 2.24) is 10.2 Å². The zero-order chi connectivity index (χ0) is 12.5. The number of anilines is 1. The SMILES string of the molecule is CC(C)(C)c1cc(NC(=O)[C@H]2CCCO2)n[nH]1. The highest BCUT2D eigenvalue weighted by molar-refractivity contribution is 5.93. The van der Waals surface area contributed by atoms with Crippen LogP contribution in [-0.2, 0) is 14.9 Å². The van der Waals surface area contributed by atoms with Gasteiger partial charge in [-0.3, -0.25) is 9.89 Å². The van der Waals surface area contributed by atoms with E-state index in [2.05, 4.69) is 36.3 Å². The van der Waals surface area contributed by atoms with Crippen LogP contribution in [0.1, 0.15) is 39.3 Å². The van der Waals surface area contributed by atoms with Crippen LogP contribution in [0.5, 0.6) is 0 Å². The number of hydrogen-bond acceptors (Lipinski definition) is 3. The van der Waals surface area contributed by atoms with E-state index in [1.54, 1.807) is 0 Å². The minimum atomic E-state index is -0.315. The first kappa shape index (κ1) is 12.1. The van der Waals surface area contributed by atoms with Crippen LogP contribution in [0.3, 0.4) is 0 Å². The van der Waals surface area contributed by atoms with E-state index in [1.807, 2.05) is 6.07 Å². The lowest BCUT2D eigenvalue weighted by Gasteiger charge is -2.14. The molecule has 94 valence electrons. The van der Waals surface area contributed by atoms with Gasteiger partial charge in [0.05, 0.1) is 0 Å². The molecular weight excluding hydrogens is 218 g/mol. The Labute approximate surface area is 101 Å². The Morgan fingerprint density at radius 3 is 2.88 bits per heavy atom. The van der Waals surface area contributed by atoms with Gasteiger partial charge in [-0.1, -0.05) is 20.8 Å². The van der Waals surface area contributed by atoms with Crippen molar-refractivity contribution in [2.45, 2.75) is 45.1 Å². The molecule has 0 bridgehead atoms. The molecule has 0 aromatic carbocycles. The molecule has 0 radical (unpaired) electrons. The summed E-state index contributed by atoms with van der Waals surface area (Å²) in [6.07, 6.45) is 1.43. The van der Waals surface area contributed by atoms with E-state index in [9.17, 15) is 4.79 Å². The predicted molar refractivity (Wildman–Crippen MR) is 64.9 cm³/mol. The molecule has 1 aromatic heterocycles. The number of aromatic nitrogens is 2. The van der Waals surface area contributed by atoms with Crippen molar-refractivity contribution in [3.05, 3.63) is 11.8 Å². The van der Waals surface area contributed by atoms with E-state index in [0.717, 1.165) is 18.5 Å². The molecule has 1 saturated heterocycles. The maximum absolute atomic E-state index is 11.8. The molecule has 0 unspecified atom stereocenters. The number of carbonyl (C=O) groups is 1. The zero-order valence-corrected chi connectivity index (χ0v) is 10.5. The normalized spacial score (nSPS) is 20.5. The van der Waals surface area contributed by atoms with Gasteiger partial charge in [-0.25, -0.2) is 0 Å². The molecule has 5 nitrogen and oxygen atoms in total. The number of aromatic amines is 1. The Balaban J connectivity index is 1.99. The average molecular weight is 237 g/mol. The van der Waals surface area contributed by atoms with Gasteiger partial charge in [-0.05, 0) is 12.8 Å². The summed E-state index contributed by atoms with van der Waals surface area (Å²) in [6, 6.07) is 1.87. The van der Waals surface area contributed by atoms with Crippen LogP contribution in [0.25, 0.3) is 0 Å². The number of hydrogen-bond donors (Lipinski definition) is 2. The Morgan fingerprint density at radius 1 is 1.59 bits per heavy atom. The fourth-order valence-corrected chi connectivity index (χ4v) is 1.76. The molecule has 2 heterocycles. The zero-order valence-electron chi connectivity index (χ0n) is 10.5. The largest absolute Gasteiger partial charge is 0.368 e. The lowest BCUT2D eigenvalue weighted by atomic mass is 9.92. The number of rotatable bonds is 2. The highest BCUT2D eigenvalue weighted by Gasteiger charge is 2.24. The van der Waals surface area contributed by atoms with E-state index in [1.165, 1.54) is 0 Å². The smallest absolute Gasteiger partial charge is 0.254 e. The van der Waals surface area contributed by atoms with Crippen LogP contribution in [0.2, 0.25) is 0 Å². The fraction of sp³-hybridized carbons (Fsp3) is 0.667. The Bertz CT molecular complexity index is 400. The Morgan fingerprint density at radius 2 is 2.35 bits per heavy atom. The highest BCUT2D eigenvalue weighted by Crippen LogP contribution is 2.22. The van der Waals surface area contributed by atoms with Crippen LogP contribution in [0.4, 0.5) is 5.82 Å². The third kappa shape index (κ3) is 2.85. The van der Waals surface area contributed by atoms with Gasteiger partial charge in [0, 0.05) is 23.8 Å². The van der Waals surface area contributed by atoms with Gasteiger partial charge < -0.3 is 10.1 Å². The van der Waals surface area contributed by atoms with Gasteiger partial charge in [0.1, 0.15) is 6.10 Å². The van der Waals surface area contributed by atoms with Gasteiger partial charge in [0.2, 0.25) is 0 Å². The minimum Gasteiger partial charge on any atom is -0.368 e. The topological polar surface area (TPSA) is 67.0 Å². The summed E-state index contributed by atoms with van der Waals surface area (Å²) in [6.45, 7) is 6.94. The average Bonchev–Trinajstić information content (AvgIpc) is 2.85. The second-order valence-electron chi connectivity index (χ2n) is 5.41. The Kier molecular flexibility index (Phi) is 3.19. The fourth-order valence-electron chi connectivity index (χ4n) is 1.76. The van der Waals surface area contributed by atoms with Crippen LogP contribution >= 0.6 is 0 Å². The Hall–Kier alpha value is -1.36. The van der Waals surface area contributed by atoms with Gasteiger partial charge in [-0.2, -0.15) is 5.10 Å². The van der Waals surface area contributed by atoms with Crippen molar-refractivity contribution in [1.29, 1.82) is 0 Å². The number of H-pyrrole nitrogens is 1. The van der Waals surface area contributed by atoms with E-state index < -0.39 is 0 Å². The molecular formula is C12H19N3O2. The summed E-state index contributed by atoms with van der Waals surface area (Å²) >= 11 is 0. The maximum Gasteiger partial charge on any atom is 0.254 e. The van der Waals surface area contributed by atoms with Crippen LogP contribution in [0, 0.1) is 0 Å². The molecule has 1 atom stereocenters. The van der Waals surface area contributed by atoms with Crippen molar-refractivity contribution in [2.75, 3.05) is 11.9 Å². The van der Waals surface area contributed by atoms with Crippen molar-refractivity contribution in [3.8, 4) is 0 Å². The van der Waals surface area contributed by atoms with Gasteiger partial charge in [0.25, 0.3) is 5.91 Å². The lowest BCUT2D eigenvalue weighted by Crippen LogP contribution is -2.26. The highest BCUT2D eigenvalue weighted by atomic mass is 16.5. The molecule has 1 aliphatic heterocycles. The first-order chi connectivity index (χ1) is 7.97. The lowest BCUT2D eigenvalue weighted by molar-refractivity contribution is -0.124. The molecule has 0 spiro atoms. The summed E-state index contributed by atoms with van der Waals surface area (Å²) < 4.78 is 5.31. The minimum absolute atomic E-state index is 0.000163. The summed E-state index contributed by atoms with van der Waals surface area (Å²) in [7, 11) is 0. The first-order valence-corrected chi connectivity index (χ1v) is 5.95. The molecule has 0 saturated carbocycles. The number of nitrogens with one attached hydrogen (secondary N) is 2. The molecule has 17 heavy (non-hydrogen) atoms. The number of carbonyl (C=O) groups excluding carboxylic acids is 1. The second-order valence-corrected chi connectivity index (χ2v) is 5.41. The van der Waals surface area contributed by atoms with Gasteiger partial charge in [0.15, 0.2) is 5.82 Å². The summed E-state index contributed by atoms with van der Waals surface area (Å²) in [4.78, 5) is 11.8. The van der Waals surface area contributed by atoms with Crippen molar-refractivity contribution in [3.63, 3.8) is 0 Å². The van der Waals surface area contributed by atoms with Crippen LogP contribution in [-0.4, -0.2) is 28.8 Å². The van der Waals surface area contributed by atoms with Gasteiger partial charge in [-0.15, -0.1) is 0 Å². The number of amides is 1. The summed E-state index contributed by atoms with van der Waals surface area (Å²) in [5.41, 5.74) is 1.000. The summed E-state index contributed by atoms with van der Waals surface area (Å²) in [5.74, 6) is 0.463. The standard InChI is InChI=1S/C12H19N3O2/c1-12(2,3)9-7-10(15-14-9)13-11(16)8-5-4-6-17-8/h7-8H,4-6H2,1-3H3,(H2,13,14,15,16)/t8-/m1/s1. The molecule has 5 heteroatoms. The molecule has 1 aliphatic rings. The van der Waals surface area contributed by atoms with Crippen molar-refractivity contribution in [2.24, 2.45) is 0 Å². The van der Waals surface area contributed by atoms with E-state index in [0.29, 0.717) is 12.4 Å². The second kappa shape index (κ2) is 4.49. The third-order valence-electron chi connectivity index (χ3n) is 2.86. The molecule has 1 amide bonds. The van der Waals surface area contributed by atoms with Crippen LogP contribution < -0.4 is 5.32 Å². The predicted octanol–water partition coefficient (Wildman–Crippen LogP) is 1.82. The number of ether oxygens (including phenoxy) is 1. The monoisotopic (exact) mass is 237 g/mol. The molecule has 0 aliphatic carbocycles. The first-order valence-electron chi connectivity index (χ1n) is 5.95. The maximum atomic E-state index is 11.8. The van der Waals surface area contributed by atoms with E-state index in [4.69, 9.17) is 4.74 Å². The number of nitrogens with zero attached hydrogens (tertiary/aromatic N) is 1.